The van der Waals surface area contributed by atoms with Crippen molar-refractivity contribution in [3.8, 4) is 11.1 Å². The molecule has 3 aromatic rings. The molecule has 154 valence electrons. The van der Waals surface area contributed by atoms with Gasteiger partial charge in [0.05, 0.1) is 5.39 Å². The third-order valence-electron chi connectivity index (χ3n) is 4.70. The first-order chi connectivity index (χ1) is 14.1. The molecule has 0 unspecified atom stereocenters. The Balaban J connectivity index is 1.59. The van der Waals surface area contributed by atoms with E-state index in [0.29, 0.717) is 13.0 Å². The lowest BCUT2D eigenvalue weighted by molar-refractivity contribution is -0.121. The van der Waals surface area contributed by atoms with Gasteiger partial charge >= 0.3 is 0 Å². The summed E-state index contributed by atoms with van der Waals surface area (Å²) in [6, 6.07) is 10.4. The molecular weight excluding hydrogens is 382 g/mol. The van der Waals surface area contributed by atoms with Gasteiger partial charge in [-0.3, -0.25) is 4.79 Å². The molecule has 0 saturated carbocycles. The third kappa shape index (κ3) is 5.74. The van der Waals surface area contributed by atoms with Crippen molar-refractivity contribution in [2.75, 3.05) is 39.0 Å². The Morgan fingerprint density at radius 3 is 2.66 bits per heavy atom. The van der Waals surface area contributed by atoms with Gasteiger partial charge < -0.3 is 15.5 Å². The maximum atomic E-state index is 12.0. The monoisotopic (exact) mass is 411 g/mol. The average molecular weight is 412 g/mol. The van der Waals surface area contributed by atoms with Gasteiger partial charge in [0.2, 0.25) is 5.91 Å². The number of aromatic nitrogens is 2. The summed E-state index contributed by atoms with van der Waals surface area (Å²) in [5.74, 6) is 0.944. The van der Waals surface area contributed by atoms with Crippen molar-refractivity contribution in [2.24, 2.45) is 0 Å². The molecule has 2 heterocycles. The number of fused-ring (bicyclic) bond motifs is 1. The zero-order valence-electron chi connectivity index (χ0n) is 17.4. The number of carbonyl (C=O) groups excluding carboxylic acids is 1. The Labute approximate surface area is 176 Å². The highest BCUT2D eigenvalue weighted by Gasteiger charge is 2.16. The van der Waals surface area contributed by atoms with Crippen LogP contribution in [0.2, 0.25) is 0 Å². The van der Waals surface area contributed by atoms with Crippen LogP contribution in [-0.4, -0.2) is 54.5 Å². The highest BCUT2D eigenvalue weighted by molar-refractivity contribution is 7.19. The third-order valence-corrected chi connectivity index (χ3v) is 5.72. The molecule has 1 amide bonds. The second-order valence-corrected chi connectivity index (χ2v) is 8.54. The molecule has 0 aliphatic carbocycles. The number of hydrogen-bond acceptors (Lipinski definition) is 6. The molecule has 2 aromatic heterocycles. The highest BCUT2D eigenvalue weighted by Crippen LogP contribution is 2.40. The quantitative estimate of drug-likeness (QED) is 0.495. The zero-order chi connectivity index (χ0) is 20.6. The molecule has 29 heavy (non-hydrogen) atoms. The van der Waals surface area contributed by atoms with Crippen LogP contribution in [0.15, 0.2) is 36.7 Å². The summed E-state index contributed by atoms with van der Waals surface area (Å²) in [7, 11) is 4.07. The number of aryl methyl sites for hydroxylation is 1. The fourth-order valence-electron chi connectivity index (χ4n) is 3.30. The van der Waals surface area contributed by atoms with Gasteiger partial charge in [-0.25, -0.2) is 9.97 Å². The number of rotatable bonds is 10. The van der Waals surface area contributed by atoms with E-state index in [0.717, 1.165) is 42.0 Å². The lowest BCUT2D eigenvalue weighted by Crippen LogP contribution is -2.27. The van der Waals surface area contributed by atoms with Crippen molar-refractivity contribution in [1.82, 2.24) is 20.2 Å². The van der Waals surface area contributed by atoms with Crippen molar-refractivity contribution in [2.45, 2.75) is 26.2 Å². The van der Waals surface area contributed by atoms with Crippen molar-refractivity contribution >= 4 is 33.3 Å². The van der Waals surface area contributed by atoms with Crippen molar-refractivity contribution in [3.05, 3.63) is 41.5 Å². The van der Waals surface area contributed by atoms with Crippen molar-refractivity contribution in [3.63, 3.8) is 0 Å². The lowest BCUT2D eigenvalue weighted by Gasteiger charge is -2.10. The van der Waals surface area contributed by atoms with Gasteiger partial charge in [-0.15, -0.1) is 11.3 Å². The normalized spacial score (nSPS) is 11.2. The van der Waals surface area contributed by atoms with E-state index in [9.17, 15) is 4.79 Å². The molecule has 0 atom stereocenters. The van der Waals surface area contributed by atoms with Gasteiger partial charge in [-0.1, -0.05) is 30.3 Å². The Kier molecular flexibility index (Phi) is 7.55. The van der Waals surface area contributed by atoms with Gasteiger partial charge in [-0.05, 0) is 46.0 Å². The summed E-state index contributed by atoms with van der Waals surface area (Å²) in [5.41, 5.74) is 2.36. The molecule has 0 aliphatic rings. The van der Waals surface area contributed by atoms with Crippen LogP contribution in [-0.2, 0) is 4.79 Å². The predicted octanol–water partition coefficient (Wildman–Crippen LogP) is 3.93. The number of nitrogens with zero attached hydrogens (tertiary/aromatic N) is 3. The Morgan fingerprint density at radius 2 is 1.90 bits per heavy atom. The minimum absolute atomic E-state index is 0.106. The second kappa shape index (κ2) is 10.3. The smallest absolute Gasteiger partial charge is 0.220 e. The van der Waals surface area contributed by atoms with Crippen LogP contribution in [0.3, 0.4) is 0 Å². The number of thiophene rings is 1. The molecule has 3 rings (SSSR count). The number of nitrogens with one attached hydrogen (secondary N) is 2. The SMILES string of the molecule is Cc1sc2ncnc(NCCCC(=O)NCCCN(C)C)c2c1-c1ccccc1. The molecule has 0 fully saturated rings. The largest absolute Gasteiger partial charge is 0.369 e. The lowest BCUT2D eigenvalue weighted by atomic mass is 10.0. The zero-order valence-corrected chi connectivity index (χ0v) is 18.2. The van der Waals surface area contributed by atoms with Crippen LogP contribution in [0.4, 0.5) is 5.82 Å². The van der Waals surface area contributed by atoms with E-state index in [-0.39, 0.29) is 5.91 Å². The molecule has 1 aromatic carbocycles. The van der Waals surface area contributed by atoms with Crippen LogP contribution < -0.4 is 10.6 Å². The van der Waals surface area contributed by atoms with E-state index < -0.39 is 0 Å². The number of hydrogen-bond donors (Lipinski definition) is 2. The van der Waals surface area contributed by atoms with Gasteiger partial charge in [-0.2, -0.15) is 0 Å². The van der Waals surface area contributed by atoms with Gasteiger partial charge in [0.15, 0.2) is 0 Å². The van der Waals surface area contributed by atoms with E-state index in [4.69, 9.17) is 0 Å². The first kappa shape index (κ1) is 21.2. The summed E-state index contributed by atoms with van der Waals surface area (Å²) < 4.78 is 0. The van der Waals surface area contributed by atoms with E-state index in [2.05, 4.69) is 44.6 Å². The van der Waals surface area contributed by atoms with E-state index in [1.54, 1.807) is 17.7 Å². The van der Waals surface area contributed by atoms with Crippen molar-refractivity contribution in [1.29, 1.82) is 0 Å². The standard InChI is InChI=1S/C22H29N5OS/c1-16-19(17-9-5-4-6-10-17)20-21(25-15-26-22(20)29-16)24-12-7-11-18(28)23-13-8-14-27(2)3/h4-6,9-10,15H,7-8,11-14H2,1-3H3,(H,23,28)(H,24,25,26). The second-order valence-electron chi connectivity index (χ2n) is 7.34. The molecule has 6 nitrogen and oxygen atoms in total. The summed E-state index contributed by atoms with van der Waals surface area (Å²) in [6.45, 7) is 4.53. The minimum atomic E-state index is 0.106. The van der Waals surface area contributed by atoms with Crippen LogP contribution in [0.25, 0.3) is 21.3 Å². The minimum Gasteiger partial charge on any atom is -0.369 e. The van der Waals surface area contributed by atoms with E-state index >= 15 is 0 Å². The molecule has 7 heteroatoms. The van der Waals surface area contributed by atoms with Gasteiger partial charge in [0.25, 0.3) is 0 Å². The number of anilines is 1. The number of carbonyl (C=O) groups is 1. The fraction of sp³-hybridized carbons (Fsp3) is 0.409. The van der Waals surface area contributed by atoms with Crippen molar-refractivity contribution < 1.29 is 4.79 Å². The Hall–Kier alpha value is -2.51. The summed E-state index contributed by atoms with van der Waals surface area (Å²) >= 11 is 1.69. The van der Waals surface area contributed by atoms with Gasteiger partial charge in [0.1, 0.15) is 17.0 Å². The van der Waals surface area contributed by atoms with Crippen LogP contribution in [0.5, 0.6) is 0 Å². The highest BCUT2D eigenvalue weighted by atomic mass is 32.1. The molecular formula is C22H29N5OS. The number of amides is 1. The summed E-state index contributed by atoms with van der Waals surface area (Å²) in [6.07, 6.45) is 3.84. The first-order valence-corrected chi connectivity index (χ1v) is 10.8. The average Bonchev–Trinajstić information content (AvgIpc) is 3.05. The van der Waals surface area contributed by atoms with Crippen LogP contribution in [0, 0.1) is 6.92 Å². The molecule has 0 aliphatic heterocycles. The Morgan fingerprint density at radius 1 is 1.10 bits per heavy atom. The van der Waals surface area contributed by atoms with Gasteiger partial charge in [0, 0.05) is 30.0 Å². The number of benzene rings is 1. The molecule has 0 bridgehead atoms. The first-order valence-electron chi connectivity index (χ1n) is 10.0. The topological polar surface area (TPSA) is 70.1 Å². The van der Waals surface area contributed by atoms with E-state index in [1.807, 2.05) is 32.3 Å². The Bertz CT molecular complexity index is 939. The maximum Gasteiger partial charge on any atom is 0.220 e. The van der Waals surface area contributed by atoms with E-state index in [1.165, 1.54) is 16.0 Å². The summed E-state index contributed by atoms with van der Waals surface area (Å²) in [4.78, 5) is 25.2. The molecule has 0 radical (unpaired) electrons. The predicted molar refractivity (Wildman–Crippen MR) is 121 cm³/mol. The van der Waals surface area contributed by atoms with Crippen LogP contribution >= 0.6 is 11.3 Å². The molecule has 2 N–H and O–H groups in total. The summed E-state index contributed by atoms with van der Waals surface area (Å²) in [5, 5.41) is 7.46. The maximum absolute atomic E-state index is 12.0. The van der Waals surface area contributed by atoms with Crippen LogP contribution in [0.1, 0.15) is 24.1 Å². The molecule has 0 saturated heterocycles. The molecule has 0 spiro atoms. The fourth-order valence-corrected chi connectivity index (χ4v) is 4.31.